The molecule has 0 unspecified atom stereocenters. The second kappa shape index (κ2) is 8.77. The van der Waals surface area contributed by atoms with Gasteiger partial charge in [0.2, 0.25) is 0 Å². The monoisotopic (exact) mass is 497 g/mol. The molecule has 0 bridgehead atoms. The van der Waals surface area contributed by atoms with Crippen molar-refractivity contribution in [2.45, 2.75) is 45.1 Å². The molecule has 35 heavy (non-hydrogen) atoms. The van der Waals surface area contributed by atoms with E-state index in [2.05, 4.69) is 27.8 Å². The van der Waals surface area contributed by atoms with Gasteiger partial charge in [-0.05, 0) is 56.0 Å². The first-order valence-corrected chi connectivity index (χ1v) is 12.1. The standard InChI is InChI=1S/C23H23N5O6S/c1-12-5-7-23(8-6-12)21(31)28(22(32)25-23)26-17(29)11-33-20(30)14-10-15(16-4-3-9-35-16)24-19-18(14)13(2)27-34-19/h3-4,9-10,12H,5-8,11H2,1-2H3,(H,25,32)(H,26,29). The fraction of sp³-hybridized carbons (Fsp3) is 0.391. The lowest BCUT2D eigenvalue weighted by Crippen LogP contribution is -2.52. The molecule has 4 amide bonds. The molecule has 0 radical (unpaired) electrons. The van der Waals surface area contributed by atoms with Crippen LogP contribution in [0, 0.1) is 12.8 Å². The van der Waals surface area contributed by atoms with Gasteiger partial charge in [-0.1, -0.05) is 18.1 Å². The average Bonchev–Trinajstić information content (AvgIpc) is 3.56. The molecule has 11 nitrogen and oxygen atoms in total. The molecule has 1 saturated carbocycles. The Kier molecular flexibility index (Phi) is 5.75. The lowest BCUT2D eigenvalue weighted by Gasteiger charge is -2.33. The number of nitrogens with one attached hydrogen (secondary N) is 2. The van der Waals surface area contributed by atoms with Crippen LogP contribution in [0.3, 0.4) is 0 Å². The van der Waals surface area contributed by atoms with Crippen molar-refractivity contribution in [2.75, 3.05) is 6.61 Å². The van der Waals surface area contributed by atoms with Gasteiger partial charge in [0, 0.05) is 0 Å². The van der Waals surface area contributed by atoms with Crippen molar-refractivity contribution < 1.29 is 28.4 Å². The molecule has 4 heterocycles. The molecule has 1 spiro atoms. The SMILES string of the molecule is Cc1noc2nc(-c3cccs3)cc(C(=O)OCC(=O)NN3C(=O)NC4(CCC(C)CC4)C3=O)c12. The van der Waals surface area contributed by atoms with E-state index in [1.54, 1.807) is 13.0 Å². The van der Waals surface area contributed by atoms with E-state index in [1.807, 2.05) is 17.5 Å². The van der Waals surface area contributed by atoms with Crippen molar-refractivity contribution >= 4 is 46.3 Å². The summed E-state index contributed by atoms with van der Waals surface area (Å²) in [5.74, 6) is -1.62. The van der Waals surface area contributed by atoms with Gasteiger partial charge in [-0.15, -0.1) is 11.3 Å². The highest BCUT2D eigenvalue weighted by molar-refractivity contribution is 7.13. The third-order valence-corrected chi connectivity index (χ3v) is 7.36. The third kappa shape index (κ3) is 4.14. The summed E-state index contributed by atoms with van der Waals surface area (Å²) in [6.07, 6.45) is 2.65. The van der Waals surface area contributed by atoms with Crippen LogP contribution < -0.4 is 10.7 Å². The van der Waals surface area contributed by atoms with Crippen molar-refractivity contribution in [3.05, 3.63) is 34.8 Å². The highest BCUT2D eigenvalue weighted by atomic mass is 32.1. The fourth-order valence-corrected chi connectivity index (χ4v) is 5.17. The molecule has 12 heteroatoms. The molecule has 3 aromatic rings. The van der Waals surface area contributed by atoms with Crippen LogP contribution in [0.15, 0.2) is 28.1 Å². The smallest absolute Gasteiger partial charge is 0.344 e. The number of rotatable bonds is 5. The number of hydrazine groups is 1. The van der Waals surface area contributed by atoms with E-state index < -0.39 is 36.0 Å². The van der Waals surface area contributed by atoms with Gasteiger partial charge in [0.05, 0.1) is 27.2 Å². The molecule has 1 saturated heterocycles. The molecule has 2 fully saturated rings. The number of amides is 4. The Balaban J connectivity index is 1.28. The Labute approximate surface area is 203 Å². The molecule has 0 aromatic carbocycles. The third-order valence-electron chi connectivity index (χ3n) is 6.47. The van der Waals surface area contributed by atoms with Gasteiger partial charge in [-0.2, -0.15) is 5.01 Å². The van der Waals surface area contributed by atoms with Crippen LogP contribution in [0.4, 0.5) is 4.79 Å². The number of thiophene rings is 1. The molecule has 5 rings (SSSR count). The van der Waals surface area contributed by atoms with Crippen LogP contribution in [0.25, 0.3) is 21.7 Å². The number of urea groups is 1. The number of imide groups is 1. The second-order valence-electron chi connectivity index (χ2n) is 8.93. The van der Waals surface area contributed by atoms with Crippen LogP contribution in [0.1, 0.15) is 48.7 Å². The highest BCUT2D eigenvalue weighted by Crippen LogP contribution is 2.36. The molecule has 2 N–H and O–H groups in total. The first kappa shape index (κ1) is 23.0. The summed E-state index contributed by atoms with van der Waals surface area (Å²) in [6, 6.07) is 4.57. The van der Waals surface area contributed by atoms with Gasteiger partial charge in [0.1, 0.15) is 5.54 Å². The number of esters is 1. The number of carbonyl (C=O) groups excluding carboxylic acids is 4. The number of carbonyl (C=O) groups is 4. The first-order valence-electron chi connectivity index (χ1n) is 11.2. The Hall–Kier alpha value is -3.80. The zero-order valence-electron chi connectivity index (χ0n) is 19.1. The van der Waals surface area contributed by atoms with Crippen molar-refractivity contribution in [2.24, 2.45) is 5.92 Å². The highest BCUT2D eigenvalue weighted by Gasteiger charge is 2.52. The van der Waals surface area contributed by atoms with E-state index in [-0.39, 0.29) is 11.3 Å². The Morgan fingerprint density at radius 2 is 2.11 bits per heavy atom. The topological polar surface area (TPSA) is 144 Å². The van der Waals surface area contributed by atoms with E-state index >= 15 is 0 Å². The molecule has 0 atom stereocenters. The molecular formula is C23H23N5O6S. The number of fused-ring (bicyclic) bond motifs is 1. The molecule has 182 valence electrons. The lowest BCUT2D eigenvalue weighted by molar-refractivity contribution is -0.141. The molecule has 2 aliphatic rings. The lowest BCUT2D eigenvalue weighted by atomic mass is 9.77. The number of aromatic nitrogens is 2. The van der Waals surface area contributed by atoms with Crippen LogP contribution in [0.2, 0.25) is 0 Å². The van der Waals surface area contributed by atoms with Crippen LogP contribution >= 0.6 is 11.3 Å². The van der Waals surface area contributed by atoms with E-state index in [1.165, 1.54) is 11.3 Å². The van der Waals surface area contributed by atoms with Crippen molar-refractivity contribution in [3.8, 4) is 10.6 Å². The summed E-state index contributed by atoms with van der Waals surface area (Å²) >= 11 is 1.44. The number of aryl methyl sites for hydroxylation is 1. The molecule has 1 aliphatic carbocycles. The summed E-state index contributed by atoms with van der Waals surface area (Å²) in [5.41, 5.74) is 2.56. The van der Waals surface area contributed by atoms with E-state index in [9.17, 15) is 19.2 Å². The predicted octanol–water partition coefficient (Wildman–Crippen LogP) is 2.95. The quantitative estimate of drug-likeness (QED) is 0.404. The number of ether oxygens (including phenoxy) is 1. The maximum atomic E-state index is 12.9. The van der Waals surface area contributed by atoms with Gasteiger partial charge >= 0.3 is 12.0 Å². The van der Waals surface area contributed by atoms with E-state index in [4.69, 9.17) is 9.26 Å². The minimum atomic E-state index is -0.986. The molecule has 3 aromatic heterocycles. The number of pyridine rings is 1. The predicted molar refractivity (Wildman–Crippen MR) is 124 cm³/mol. The first-order chi connectivity index (χ1) is 16.8. The number of hydrogen-bond donors (Lipinski definition) is 2. The summed E-state index contributed by atoms with van der Waals surface area (Å²) in [7, 11) is 0. The Bertz CT molecular complexity index is 1330. The van der Waals surface area contributed by atoms with E-state index in [0.717, 1.165) is 17.7 Å². The fourth-order valence-electron chi connectivity index (χ4n) is 4.49. The van der Waals surface area contributed by atoms with Crippen molar-refractivity contribution in [1.29, 1.82) is 0 Å². The van der Waals surface area contributed by atoms with Crippen LogP contribution in [0.5, 0.6) is 0 Å². The molecular weight excluding hydrogens is 474 g/mol. The Morgan fingerprint density at radius 3 is 2.83 bits per heavy atom. The normalized spacial score (nSPS) is 22.0. The van der Waals surface area contributed by atoms with Gasteiger partial charge in [-0.25, -0.2) is 14.6 Å². The minimum absolute atomic E-state index is 0.148. The second-order valence-corrected chi connectivity index (χ2v) is 9.87. The van der Waals surface area contributed by atoms with Crippen molar-refractivity contribution in [1.82, 2.24) is 25.9 Å². The minimum Gasteiger partial charge on any atom is -0.452 e. The average molecular weight is 498 g/mol. The Morgan fingerprint density at radius 1 is 1.34 bits per heavy atom. The largest absolute Gasteiger partial charge is 0.452 e. The zero-order valence-corrected chi connectivity index (χ0v) is 19.9. The number of nitrogens with zero attached hydrogens (tertiary/aromatic N) is 3. The summed E-state index contributed by atoms with van der Waals surface area (Å²) in [5, 5.41) is 9.54. The summed E-state index contributed by atoms with van der Waals surface area (Å²) in [4.78, 5) is 55.9. The van der Waals surface area contributed by atoms with Crippen molar-refractivity contribution in [3.63, 3.8) is 0 Å². The molecule has 1 aliphatic heterocycles. The summed E-state index contributed by atoms with van der Waals surface area (Å²) < 4.78 is 10.5. The van der Waals surface area contributed by atoms with Gasteiger partial charge in [0.25, 0.3) is 17.5 Å². The maximum Gasteiger partial charge on any atom is 0.344 e. The van der Waals surface area contributed by atoms with Gasteiger partial charge in [0.15, 0.2) is 6.61 Å². The zero-order chi connectivity index (χ0) is 24.7. The van der Waals surface area contributed by atoms with E-state index in [0.29, 0.717) is 40.5 Å². The van der Waals surface area contributed by atoms with Crippen LogP contribution in [-0.4, -0.2) is 51.1 Å². The van der Waals surface area contributed by atoms with Gasteiger partial charge in [-0.3, -0.25) is 15.0 Å². The summed E-state index contributed by atoms with van der Waals surface area (Å²) in [6.45, 7) is 3.08. The maximum absolute atomic E-state index is 12.9. The van der Waals surface area contributed by atoms with Gasteiger partial charge < -0.3 is 14.6 Å². The number of hydrogen-bond acceptors (Lipinski definition) is 9. The van der Waals surface area contributed by atoms with Crippen LogP contribution in [-0.2, 0) is 14.3 Å².